The van der Waals surface area contributed by atoms with E-state index in [9.17, 15) is 22.8 Å². The van der Waals surface area contributed by atoms with E-state index in [1.807, 2.05) is 0 Å². The lowest BCUT2D eigenvalue weighted by molar-refractivity contribution is -0.274. The molecule has 10 heteroatoms. The van der Waals surface area contributed by atoms with Crippen molar-refractivity contribution in [2.75, 3.05) is 11.9 Å². The third kappa shape index (κ3) is 4.96. The summed E-state index contributed by atoms with van der Waals surface area (Å²) in [6.45, 7) is 1.83. The molecule has 0 aliphatic carbocycles. The van der Waals surface area contributed by atoms with Crippen molar-refractivity contribution in [2.24, 2.45) is 7.05 Å². The highest BCUT2D eigenvalue weighted by molar-refractivity contribution is 6.04. The quantitative estimate of drug-likeness (QED) is 0.832. The summed E-state index contributed by atoms with van der Waals surface area (Å²) in [7, 11) is 1.48. The number of alkyl halides is 3. The van der Waals surface area contributed by atoms with Gasteiger partial charge in [0.1, 0.15) is 11.4 Å². The molecule has 0 saturated carbocycles. The molecular formula is C15H14F3N3O4. The first kappa shape index (κ1) is 18.3. The van der Waals surface area contributed by atoms with Gasteiger partial charge in [0.2, 0.25) is 0 Å². The van der Waals surface area contributed by atoms with E-state index >= 15 is 0 Å². The number of rotatable bonds is 5. The zero-order valence-electron chi connectivity index (χ0n) is 13.3. The summed E-state index contributed by atoms with van der Waals surface area (Å²) >= 11 is 0. The van der Waals surface area contributed by atoms with Gasteiger partial charge in [-0.1, -0.05) is 0 Å². The predicted molar refractivity (Wildman–Crippen MR) is 80.2 cm³/mol. The maximum atomic E-state index is 12.1. The lowest BCUT2D eigenvalue weighted by Gasteiger charge is -2.09. The van der Waals surface area contributed by atoms with E-state index in [1.54, 1.807) is 6.92 Å². The van der Waals surface area contributed by atoms with Crippen LogP contribution < -0.4 is 10.1 Å². The van der Waals surface area contributed by atoms with Crippen LogP contribution in [0.2, 0.25) is 0 Å². The smallest absolute Gasteiger partial charge is 0.461 e. The molecule has 2 rings (SSSR count). The monoisotopic (exact) mass is 357 g/mol. The van der Waals surface area contributed by atoms with Gasteiger partial charge in [-0.25, -0.2) is 4.79 Å². The van der Waals surface area contributed by atoms with Crippen molar-refractivity contribution in [3.05, 3.63) is 41.7 Å². The maximum Gasteiger partial charge on any atom is 0.573 e. The molecule has 0 spiro atoms. The number of carbonyl (C=O) groups is 2. The molecule has 1 N–H and O–H groups in total. The van der Waals surface area contributed by atoms with Crippen molar-refractivity contribution in [1.29, 1.82) is 0 Å². The molecule has 1 amide bonds. The van der Waals surface area contributed by atoms with Gasteiger partial charge < -0.3 is 14.8 Å². The average molecular weight is 357 g/mol. The van der Waals surface area contributed by atoms with E-state index in [-0.39, 0.29) is 23.7 Å². The van der Waals surface area contributed by atoms with Crippen molar-refractivity contribution in [1.82, 2.24) is 9.78 Å². The Hall–Kier alpha value is -3.04. The largest absolute Gasteiger partial charge is 0.573 e. The van der Waals surface area contributed by atoms with Crippen LogP contribution in [0, 0.1) is 0 Å². The molecule has 1 aromatic heterocycles. The Morgan fingerprint density at radius 2 is 1.88 bits per heavy atom. The zero-order valence-corrected chi connectivity index (χ0v) is 13.3. The van der Waals surface area contributed by atoms with Crippen LogP contribution in [0.3, 0.4) is 0 Å². The number of hydrogen-bond acceptors (Lipinski definition) is 5. The standard InChI is InChI=1S/C15H14F3N3O4/c1-3-24-14(23)12-8-11(20-21(12)2)13(22)19-9-4-6-10(7-5-9)25-15(16,17)18/h4-8H,3H2,1-2H3,(H,19,22). The highest BCUT2D eigenvalue weighted by atomic mass is 19.4. The van der Waals surface area contributed by atoms with Crippen molar-refractivity contribution in [2.45, 2.75) is 13.3 Å². The minimum absolute atomic E-state index is 0.0406. The van der Waals surface area contributed by atoms with Crippen molar-refractivity contribution in [3.63, 3.8) is 0 Å². The Morgan fingerprint density at radius 3 is 2.44 bits per heavy atom. The van der Waals surface area contributed by atoms with Gasteiger partial charge in [0, 0.05) is 18.8 Å². The second kappa shape index (κ2) is 7.24. The van der Waals surface area contributed by atoms with Crippen LogP contribution in [0.15, 0.2) is 30.3 Å². The SMILES string of the molecule is CCOC(=O)c1cc(C(=O)Nc2ccc(OC(F)(F)F)cc2)nn1C. The fourth-order valence-corrected chi connectivity index (χ4v) is 1.91. The summed E-state index contributed by atoms with van der Waals surface area (Å²) in [5.74, 6) is -1.66. The molecule has 0 fully saturated rings. The molecule has 1 heterocycles. The highest BCUT2D eigenvalue weighted by Crippen LogP contribution is 2.24. The Balaban J connectivity index is 2.07. The van der Waals surface area contributed by atoms with Crippen LogP contribution in [0.1, 0.15) is 27.9 Å². The number of nitrogens with one attached hydrogen (secondary N) is 1. The van der Waals surface area contributed by atoms with Crippen molar-refractivity contribution in [3.8, 4) is 5.75 Å². The van der Waals surface area contributed by atoms with E-state index in [4.69, 9.17) is 4.74 Å². The minimum atomic E-state index is -4.79. The van der Waals surface area contributed by atoms with Gasteiger partial charge in [-0.2, -0.15) is 5.10 Å². The Labute approximate surface area is 140 Å². The molecule has 25 heavy (non-hydrogen) atoms. The maximum absolute atomic E-state index is 12.1. The summed E-state index contributed by atoms with van der Waals surface area (Å²) in [4.78, 5) is 23.8. The molecule has 0 radical (unpaired) electrons. The lowest BCUT2D eigenvalue weighted by Crippen LogP contribution is -2.17. The topological polar surface area (TPSA) is 82.5 Å². The number of esters is 1. The van der Waals surface area contributed by atoms with Gasteiger partial charge in [0.25, 0.3) is 5.91 Å². The first-order valence-corrected chi connectivity index (χ1v) is 7.08. The lowest BCUT2D eigenvalue weighted by atomic mass is 10.3. The molecule has 1 aromatic carbocycles. The summed E-state index contributed by atoms with van der Waals surface area (Å²) in [6.07, 6.45) is -4.79. The molecule has 0 atom stereocenters. The van der Waals surface area contributed by atoms with E-state index < -0.39 is 24.0 Å². The van der Waals surface area contributed by atoms with Gasteiger partial charge in [-0.05, 0) is 31.2 Å². The number of benzene rings is 1. The highest BCUT2D eigenvalue weighted by Gasteiger charge is 2.31. The number of aryl methyl sites for hydroxylation is 1. The van der Waals surface area contributed by atoms with Gasteiger partial charge in [-0.15, -0.1) is 13.2 Å². The molecule has 0 unspecified atom stereocenters. The van der Waals surface area contributed by atoms with Crippen LogP contribution in [-0.2, 0) is 11.8 Å². The average Bonchev–Trinajstić information content (AvgIpc) is 2.90. The van der Waals surface area contributed by atoms with Crippen LogP contribution >= 0.6 is 0 Å². The molecule has 0 saturated heterocycles. The summed E-state index contributed by atoms with van der Waals surface area (Å²) < 4.78 is 46.1. The van der Waals surface area contributed by atoms with E-state index in [0.717, 1.165) is 12.1 Å². The number of hydrogen-bond donors (Lipinski definition) is 1. The summed E-state index contributed by atoms with van der Waals surface area (Å²) in [5, 5.41) is 6.36. The molecule has 7 nitrogen and oxygen atoms in total. The van der Waals surface area contributed by atoms with Gasteiger partial charge in [-0.3, -0.25) is 9.48 Å². The number of halogens is 3. The Bertz CT molecular complexity index is 769. The molecule has 134 valence electrons. The Kier molecular flexibility index (Phi) is 5.30. The third-order valence-corrected chi connectivity index (χ3v) is 2.94. The van der Waals surface area contributed by atoms with E-state index in [0.29, 0.717) is 0 Å². The number of aromatic nitrogens is 2. The van der Waals surface area contributed by atoms with Crippen LogP contribution in [-0.4, -0.2) is 34.6 Å². The molecule has 0 aliphatic rings. The second-order valence-corrected chi connectivity index (χ2v) is 4.79. The van der Waals surface area contributed by atoms with E-state index in [2.05, 4.69) is 15.2 Å². The van der Waals surface area contributed by atoms with Gasteiger partial charge >= 0.3 is 12.3 Å². The number of anilines is 1. The number of ether oxygens (including phenoxy) is 2. The van der Waals surface area contributed by atoms with Gasteiger partial charge in [0.05, 0.1) is 6.61 Å². The number of nitrogens with zero attached hydrogens (tertiary/aromatic N) is 2. The molecule has 0 aliphatic heterocycles. The molecule has 2 aromatic rings. The van der Waals surface area contributed by atoms with Gasteiger partial charge in [0.15, 0.2) is 5.69 Å². The van der Waals surface area contributed by atoms with E-state index in [1.165, 1.54) is 29.9 Å². The first-order chi connectivity index (χ1) is 11.7. The van der Waals surface area contributed by atoms with Crippen LogP contribution in [0.25, 0.3) is 0 Å². The van der Waals surface area contributed by atoms with Crippen molar-refractivity contribution < 1.29 is 32.2 Å². The minimum Gasteiger partial charge on any atom is -0.461 e. The summed E-state index contributed by atoms with van der Waals surface area (Å²) in [5.41, 5.74) is 0.296. The number of amides is 1. The van der Waals surface area contributed by atoms with Crippen LogP contribution in [0.5, 0.6) is 5.75 Å². The Morgan fingerprint density at radius 1 is 1.24 bits per heavy atom. The fraction of sp³-hybridized carbons (Fsp3) is 0.267. The predicted octanol–water partition coefficient (Wildman–Crippen LogP) is 2.75. The normalized spacial score (nSPS) is 11.1. The van der Waals surface area contributed by atoms with Crippen molar-refractivity contribution >= 4 is 17.6 Å². The first-order valence-electron chi connectivity index (χ1n) is 7.08. The molecular weight excluding hydrogens is 343 g/mol. The second-order valence-electron chi connectivity index (χ2n) is 4.79. The zero-order chi connectivity index (χ0) is 18.6. The summed E-state index contributed by atoms with van der Waals surface area (Å²) in [6, 6.07) is 5.87. The van der Waals surface area contributed by atoms with Crippen LogP contribution in [0.4, 0.5) is 18.9 Å². The fourth-order valence-electron chi connectivity index (χ4n) is 1.91. The molecule has 0 bridgehead atoms. The number of carbonyl (C=O) groups excluding carboxylic acids is 2. The third-order valence-electron chi connectivity index (χ3n) is 2.94.